The van der Waals surface area contributed by atoms with Crippen molar-refractivity contribution in [1.29, 1.82) is 0 Å². The molecule has 1 aliphatic carbocycles. The normalized spacial score (nSPS) is 17.3. The number of rotatable bonds is 5. The molecule has 0 bridgehead atoms. The maximum atomic E-state index is 5.00. The van der Waals surface area contributed by atoms with Crippen LogP contribution in [0.4, 0.5) is 11.6 Å². The van der Waals surface area contributed by atoms with Crippen molar-refractivity contribution in [2.45, 2.75) is 52.0 Å². The van der Waals surface area contributed by atoms with E-state index in [0.717, 1.165) is 55.0 Å². The van der Waals surface area contributed by atoms with E-state index in [-0.39, 0.29) is 0 Å². The quantitative estimate of drug-likeness (QED) is 0.684. The number of anilines is 2. The minimum Gasteiger partial charge on any atom is -0.324 e. The third-order valence-electron chi connectivity index (χ3n) is 6.52. The molecular formula is C24H30N6. The predicted octanol–water partition coefficient (Wildman–Crippen LogP) is 4.43. The summed E-state index contributed by atoms with van der Waals surface area (Å²) in [5, 5.41) is 3.46. The predicted molar refractivity (Wildman–Crippen MR) is 119 cm³/mol. The monoisotopic (exact) mass is 402 g/mol. The molecule has 1 fully saturated rings. The zero-order valence-corrected chi connectivity index (χ0v) is 17.9. The molecule has 0 amide bonds. The largest absolute Gasteiger partial charge is 0.324 e. The first kappa shape index (κ1) is 19.2. The Morgan fingerprint density at radius 2 is 1.90 bits per heavy atom. The molecule has 0 unspecified atom stereocenters. The number of nitrogens with zero attached hydrogens (tertiary/aromatic N) is 5. The lowest BCUT2D eigenvalue weighted by molar-refractivity contribution is 0.306. The van der Waals surface area contributed by atoms with Gasteiger partial charge in [-0.2, -0.15) is 0 Å². The van der Waals surface area contributed by atoms with Gasteiger partial charge in [0.15, 0.2) is 0 Å². The topological polar surface area (TPSA) is 58.9 Å². The Morgan fingerprint density at radius 3 is 2.63 bits per heavy atom. The highest BCUT2D eigenvalue weighted by atomic mass is 15.1. The van der Waals surface area contributed by atoms with Gasteiger partial charge in [0.1, 0.15) is 5.82 Å². The molecular weight excluding hydrogens is 372 g/mol. The highest BCUT2D eigenvalue weighted by Gasteiger charge is 2.24. The lowest BCUT2D eigenvalue weighted by Gasteiger charge is -2.27. The van der Waals surface area contributed by atoms with Crippen molar-refractivity contribution >= 4 is 11.6 Å². The molecule has 30 heavy (non-hydrogen) atoms. The first-order valence-electron chi connectivity index (χ1n) is 11.1. The summed E-state index contributed by atoms with van der Waals surface area (Å²) < 4.78 is 2.08. The SMILES string of the molecule is Cc1nccn1-c1ccc(Nc2nc3c(c(CC4CCCC4)n2)CN(C)CC3)cc1. The fourth-order valence-electron chi connectivity index (χ4n) is 4.82. The van der Waals surface area contributed by atoms with Gasteiger partial charge in [-0.3, -0.25) is 0 Å². The van der Waals surface area contributed by atoms with Crippen LogP contribution < -0.4 is 5.32 Å². The van der Waals surface area contributed by atoms with Crippen molar-refractivity contribution in [3.63, 3.8) is 0 Å². The lowest BCUT2D eigenvalue weighted by Crippen LogP contribution is -2.29. The van der Waals surface area contributed by atoms with Crippen LogP contribution in [0.5, 0.6) is 0 Å². The van der Waals surface area contributed by atoms with Gasteiger partial charge in [0.25, 0.3) is 0 Å². The van der Waals surface area contributed by atoms with Crippen molar-refractivity contribution in [1.82, 2.24) is 24.4 Å². The maximum absolute atomic E-state index is 5.00. The number of aromatic nitrogens is 4. The molecule has 5 rings (SSSR count). The van der Waals surface area contributed by atoms with Crippen LogP contribution in [0.15, 0.2) is 36.7 Å². The number of hydrogen-bond donors (Lipinski definition) is 1. The van der Waals surface area contributed by atoms with E-state index in [4.69, 9.17) is 9.97 Å². The third-order valence-corrected chi connectivity index (χ3v) is 6.52. The summed E-state index contributed by atoms with van der Waals surface area (Å²) in [7, 11) is 2.19. The van der Waals surface area contributed by atoms with Crippen molar-refractivity contribution in [3.05, 3.63) is 59.4 Å². The average Bonchev–Trinajstić information content (AvgIpc) is 3.41. The number of aryl methyl sites for hydroxylation is 1. The first-order chi connectivity index (χ1) is 14.7. The molecule has 6 nitrogen and oxygen atoms in total. The first-order valence-corrected chi connectivity index (χ1v) is 11.1. The van der Waals surface area contributed by atoms with Crippen LogP contribution in [0.2, 0.25) is 0 Å². The van der Waals surface area contributed by atoms with Gasteiger partial charge in [0.2, 0.25) is 5.95 Å². The van der Waals surface area contributed by atoms with E-state index in [1.54, 1.807) is 0 Å². The molecule has 1 saturated carbocycles. The van der Waals surface area contributed by atoms with Crippen molar-refractivity contribution in [2.75, 3.05) is 18.9 Å². The minimum absolute atomic E-state index is 0.734. The van der Waals surface area contributed by atoms with Crippen molar-refractivity contribution < 1.29 is 0 Å². The molecule has 1 aromatic carbocycles. The molecule has 2 aromatic heterocycles. The smallest absolute Gasteiger partial charge is 0.227 e. The molecule has 0 atom stereocenters. The molecule has 2 aliphatic rings. The van der Waals surface area contributed by atoms with Crippen molar-refractivity contribution in [3.8, 4) is 5.69 Å². The molecule has 1 N–H and O–H groups in total. The molecule has 156 valence electrons. The highest BCUT2D eigenvalue weighted by molar-refractivity contribution is 5.56. The van der Waals surface area contributed by atoms with Gasteiger partial charge in [-0.05, 0) is 50.6 Å². The average molecular weight is 403 g/mol. The molecule has 3 aromatic rings. The Balaban J connectivity index is 1.40. The second-order valence-electron chi connectivity index (χ2n) is 8.78. The van der Waals surface area contributed by atoms with Crippen LogP contribution in [0, 0.1) is 12.8 Å². The number of hydrogen-bond acceptors (Lipinski definition) is 5. The van der Waals surface area contributed by atoms with E-state index in [9.17, 15) is 0 Å². The summed E-state index contributed by atoms with van der Waals surface area (Å²) in [6, 6.07) is 8.37. The van der Waals surface area contributed by atoms with E-state index in [0.29, 0.717) is 0 Å². The summed E-state index contributed by atoms with van der Waals surface area (Å²) in [4.78, 5) is 16.6. The molecule has 0 radical (unpaired) electrons. The summed E-state index contributed by atoms with van der Waals surface area (Å²) in [5.41, 5.74) is 5.96. The van der Waals surface area contributed by atoms with E-state index in [1.165, 1.54) is 42.6 Å². The Bertz CT molecular complexity index is 1020. The van der Waals surface area contributed by atoms with Crippen LogP contribution in [0.1, 0.15) is 48.5 Å². The molecule has 1 aliphatic heterocycles. The number of likely N-dealkylation sites (N-methyl/N-ethyl adjacent to an activating group) is 1. The van der Waals surface area contributed by atoms with E-state index >= 15 is 0 Å². The molecule has 6 heteroatoms. The third kappa shape index (κ3) is 3.97. The summed E-state index contributed by atoms with van der Waals surface area (Å²) in [5.74, 6) is 2.50. The van der Waals surface area contributed by atoms with Crippen LogP contribution in [-0.2, 0) is 19.4 Å². The molecule has 0 spiro atoms. The number of benzene rings is 1. The van der Waals surface area contributed by atoms with Gasteiger partial charge in [-0.15, -0.1) is 0 Å². The van der Waals surface area contributed by atoms with E-state index in [1.807, 2.05) is 19.3 Å². The van der Waals surface area contributed by atoms with Gasteiger partial charge >= 0.3 is 0 Å². The zero-order chi connectivity index (χ0) is 20.5. The van der Waals surface area contributed by atoms with Gasteiger partial charge in [0, 0.05) is 48.8 Å². The fourth-order valence-corrected chi connectivity index (χ4v) is 4.82. The van der Waals surface area contributed by atoms with Gasteiger partial charge in [0.05, 0.1) is 11.4 Å². The molecule has 3 heterocycles. The highest BCUT2D eigenvalue weighted by Crippen LogP contribution is 2.31. The Labute approximate surface area is 178 Å². The van der Waals surface area contributed by atoms with Gasteiger partial charge < -0.3 is 14.8 Å². The lowest BCUT2D eigenvalue weighted by atomic mass is 9.95. The standard InChI is InChI=1S/C24H30N6/c1-17-25-12-14-30(17)20-9-7-19(8-10-20)26-24-27-22-11-13-29(2)16-21(22)23(28-24)15-18-5-3-4-6-18/h7-10,12,14,18H,3-6,11,13,15-16H2,1-2H3,(H,26,27,28). The Kier molecular flexibility index (Phi) is 5.25. The number of imidazole rings is 1. The zero-order valence-electron chi connectivity index (χ0n) is 17.9. The van der Waals surface area contributed by atoms with Crippen LogP contribution in [-0.4, -0.2) is 38.0 Å². The number of nitrogens with one attached hydrogen (secondary N) is 1. The van der Waals surface area contributed by atoms with Crippen molar-refractivity contribution in [2.24, 2.45) is 5.92 Å². The summed E-state index contributed by atoms with van der Waals surface area (Å²) in [6.07, 6.45) is 11.3. The fraction of sp³-hybridized carbons (Fsp3) is 0.458. The summed E-state index contributed by atoms with van der Waals surface area (Å²) >= 11 is 0. The van der Waals surface area contributed by atoms with E-state index < -0.39 is 0 Å². The maximum Gasteiger partial charge on any atom is 0.227 e. The van der Waals surface area contributed by atoms with Gasteiger partial charge in [-0.25, -0.2) is 15.0 Å². The van der Waals surface area contributed by atoms with Crippen LogP contribution in [0.3, 0.4) is 0 Å². The molecule has 0 saturated heterocycles. The number of fused-ring (bicyclic) bond motifs is 1. The second kappa shape index (κ2) is 8.19. The van der Waals surface area contributed by atoms with Gasteiger partial charge in [-0.1, -0.05) is 25.7 Å². The Hall–Kier alpha value is -2.73. The van der Waals surface area contributed by atoms with Crippen LogP contribution in [0.25, 0.3) is 5.69 Å². The van der Waals surface area contributed by atoms with Crippen LogP contribution >= 0.6 is 0 Å². The second-order valence-corrected chi connectivity index (χ2v) is 8.78. The van der Waals surface area contributed by atoms with E-state index in [2.05, 4.69) is 51.1 Å². The summed E-state index contributed by atoms with van der Waals surface area (Å²) in [6.45, 7) is 4.04. The minimum atomic E-state index is 0.734. The Morgan fingerprint density at radius 1 is 1.10 bits per heavy atom.